The molecule has 0 heterocycles. The Bertz CT molecular complexity index is 191. The second-order valence-electron chi connectivity index (χ2n) is 2.67. The first kappa shape index (κ1) is 12.1. The van der Waals surface area contributed by atoms with Crippen LogP contribution in [0.4, 0.5) is 0 Å². The molecule has 0 saturated carbocycles. The second-order valence-corrected chi connectivity index (χ2v) is 2.67. The number of nitrogens with two attached hydrogens (primary N) is 2. The summed E-state index contributed by atoms with van der Waals surface area (Å²) < 4.78 is 0. The van der Waals surface area contributed by atoms with Gasteiger partial charge in [-0.1, -0.05) is 0 Å². The Morgan fingerprint density at radius 2 is 2.31 bits per heavy atom. The molecule has 76 valence electrons. The molecule has 0 aliphatic rings. The van der Waals surface area contributed by atoms with E-state index in [1.165, 1.54) is 0 Å². The zero-order valence-electron chi connectivity index (χ0n) is 8.21. The molecule has 0 amide bonds. The zero-order valence-corrected chi connectivity index (χ0v) is 8.21. The maximum atomic E-state index is 5.80. The Hall–Kier alpha value is -0.910. The molecule has 1 unspecified atom stereocenters. The van der Waals surface area contributed by atoms with Crippen molar-refractivity contribution < 1.29 is 4.84 Å². The minimum atomic E-state index is -0.126. The highest BCUT2D eigenvalue weighted by Crippen LogP contribution is 2.06. The van der Waals surface area contributed by atoms with E-state index >= 15 is 0 Å². The molecule has 5 heteroatoms. The first-order valence-corrected chi connectivity index (χ1v) is 4.10. The minimum Gasteiger partial charge on any atom is -0.384 e. The Kier molecular flexibility index (Phi) is 6.13. The van der Waals surface area contributed by atoms with Crippen LogP contribution in [0.2, 0.25) is 0 Å². The van der Waals surface area contributed by atoms with Gasteiger partial charge in [0.05, 0.1) is 6.61 Å². The Balaban J connectivity index is 3.95. The summed E-state index contributed by atoms with van der Waals surface area (Å²) in [4.78, 5) is 8.54. The van der Waals surface area contributed by atoms with Crippen molar-refractivity contribution >= 4 is 6.72 Å². The molecule has 0 saturated heterocycles. The third kappa shape index (κ3) is 4.62. The van der Waals surface area contributed by atoms with Gasteiger partial charge in [0.25, 0.3) is 0 Å². The van der Waals surface area contributed by atoms with Gasteiger partial charge >= 0.3 is 0 Å². The highest BCUT2D eigenvalue weighted by molar-refractivity contribution is 5.30. The van der Waals surface area contributed by atoms with Gasteiger partial charge in [0.15, 0.2) is 0 Å². The number of hydrogen-bond acceptors (Lipinski definition) is 5. The third-order valence-corrected chi connectivity index (χ3v) is 1.81. The topological polar surface area (TPSA) is 85.7 Å². The van der Waals surface area contributed by atoms with Crippen LogP contribution >= 0.6 is 0 Å². The number of nitrogens with one attached hydrogen (secondary N) is 1. The fourth-order valence-corrected chi connectivity index (χ4v) is 0.819. The molecule has 0 radical (unpaired) electrons. The molecule has 0 aliphatic carbocycles. The molecular formula is C8H18N4O. The van der Waals surface area contributed by atoms with Gasteiger partial charge in [-0.05, 0) is 25.6 Å². The van der Waals surface area contributed by atoms with Crippen molar-refractivity contribution in [2.45, 2.75) is 19.4 Å². The Morgan fingerprint density at radius 3 is 2.77 bits per heavy atom. The lowest BCUT2D eigenvalue weighted by Crippen LogP contribution is -2.26. The number of aliphatic imine (C=N–C) groups is 1. The van der Waals surface area contributed by atoms with Gasteiger partial charge in [0, 0.05) is 13.1 Å². The van der Waals surface area contributed by atoms with E-state index in [2.05, 4.69) is 17.2 Å². The molecule has 0 aromatic carbocycles. The van der Waals surface area contributed by atoms with E-state index in [1.54, 1.807) is 7.05 Å². The minimum absolute atomic E-state index is 0.126. The highest BCUT2D eigenvalue weighted by atomic mass is 16.6. The van der Waals surface area contributed by atoms with E-state index in [9.17, 15) is 0 Å². The van der Waals surface area contributed by atoms with E-state index in [0.717, 1.165) is 5.57 Å². The van der Waals surface area contributed by atoms with Crippen molar-refractivity contribution in [2.75, 3.05) is 13.7 Å². The summed E-state index contributed by atoms with van der Waals surface area (Å²) in [5.74, 6) is 0.400. The SMILES string of the molecule is C=N/C(N)=C(/C)C(N)CCONC. The molecule has 0 spiro atoms. The van der Waals surface area contributed by atoms with Crippen molar-refractivity contribution in [3.63, 3.8) is 0 Å². The predicted octanol–water partition coefficient (Wildman–Crippen LogP) is -0.254. The molecule has 13 heavy (non-hydrogen) atoms. The van der Waals surface area contributed by atoms with Gasteiger partial charge < -0.3 is 16.3 Å². The first-order chi connectivity index (χ1) is 6.13. The predicted molar refractivity (Wildman–Crippen MR) is 54.0 cm³/mol. The van der Waals surface area contributed by atoms with Crippen LogP contribution in [0.5, 0.6) is 0 Å². The smallest absolute Gasteiger partial charge is 0.123 e. The van der Waals surface area contributed by atoms with Crippen LogP contribution < -0.4 is 16.9 Å². The van der Waals surface area contributed by atoms with Crippen LogP contribution in [0.15, 0.2) is 16.4 Å². The number of nitrogens with zero attached hydrogens (tertiary/aromatic N) is 1. The maximum Gasteiger partial charge on any atom is 0.123 e. The van der Waals surface area contributed by atoms with Crippen LogP contribution in [0.25, 0.3) is 0 Å². The lowest BCUT2D eigenvalue weighted by Gasteiger charge is -2.12. The zero-order chi connectivity index (χ0) is 10.3. The number of hydrogen-bond donors (Lipinski definition) is 3. The summed E-state index contributed by atoms with van der Waals surface area (Å²) in [5, 5.41) is 0. The van der Waals surface area contributed by atoms with E-state index in [-0.39, 0.29) is 6.04 Å². The van der Waals surface area contributed by atoms with Crippen LogP contribution in [-0.2, 0) is 4.84 Å². The summed E-state index contributed by atoms with van der Waals surface area (Å²) in [6.07, 6.45) is 0.697. The van der Waals surface area contributed by atoms with Crippen molar-refractivity contribution in [1.82, 2.24) is 5.48 Å². The third-order valence-electron chi connectivity index (χ3n) is 1.81. The van der Waals surface area contributed by atoms with E-state index in [0.29, 0.717) is 18.8 Å². The van der Waals surface area contributed by atoms with Crippen molar-refractivity contribution in [3.05, 3.63) is 11.4 Å². The maximum absolute atomic E-state index is 5.80. The average molecular weight is 186 g/mol. The van der Waals surface area contributed by atoms with Gasteiger partial charge in [-0.3, -0.25) is 0 Å². The van der Waals surface area contributed by atoms with Gasteiger partial charge in [0.2, 0.25) is 0 Å². The molecule has 5 N–H and O–H groups in total. The summed E-state index contributed by atoms with van der Waals surface area (Å²) >= 11 is 0. The summed E-state index contributed by atoms with van der Waals surface area (Å²) in [7, 11) is 1.70. The molecule has 0 fully saturated rings. The average Bonchev–Trinajstić information content (AvgIpc) is 2.15. The Labute approximate surface area is 78.8 Å². The fraction of sp³-hybridized carbons (Fsp3) is 0.625. The summed E-state index contributed by atoms with van der Waals surface area (Å²) in [5.41, 5.74) is 14.7. The molecule has 0 aromatic heterocycles. The second kappa shape index (κ2) is 6.59. The van der Waals surface area contributed by atoms with Crippen LogP contribution in [-0.4, -0.2) is 26.4 Å². The standard InChI is InChI=1S/C8H18N4O/c1-6(8(10)11-2)7(9)4-5-13-12-3/h7,12H,2,4-5,9-10H2,1,3H3/b8-6-. The first-order valence-electron chi connectivity index (χ1n) is 4.10. The van der Waals surface area contributed by atoms with Crippen molar-refractivity contribution in [3.8, 4) is 0 Å². The van der Waals surface area contributed by atoms with Crippen LogP contribution in [0, 0.1) is 0 Å². The molecule has 5 nitrogen and oxygen atoms in total. The molecule has 0 aliphatic heterocycles. The molecule has 0 rings (SSSR count). The highest BCUT2D eigenvalue weighted by Gasteiger charge is 2.07. The summed E-state index contributed by atoms with van der Waals surface area (Å²) in [6.45, 7) is 5.71. The Morgan fingerprint density at radius 1 is 1.69 bits per heavy atom. The van der Waals surface area contributed by atoms with E-state index < -0.39 is 0 Å². The van der Waals surface area contributed by atoms with Gasteiger partial charge in [-0.25, -0.2) is 10.5 Å². The van der Waals surface area contributed by atoms with E-state index in [1.807, 2.05) is 6.92 Å². The molecule has 0 aromatic rings. The molecular weight excluding hydrogens is 168 g/mol. The number of hydroxylamine groups is 1. The summed E-state index contributed by atoms with van der Waals surface area (Å²) in [6, 6.07) is -0.126. The van der Waals surface area contributed by atoms with Crippen molar-refractivity contribution in [1.29, 1.82) is 0 Å². The lowest BCUT2D eigenvalue weighted by molar-refractivity contribution is 0.0545. The van der Waals surface area contributed by atoms with Crippen molar-refractivity contribution in [2.24, 2.45) is 16.5 Å². The normalized spacial score (nSPS) is 15.0. The molecule has 0 bridgehead atoms. The van der Waals surface area contributed by atoms with Gasteiger partial charge in [-0.15, -0.1) is 0 Å². The lowest BCUT2D eigenvalue weighted by atomic mass is 10.1. The largest absolute Gasteiger partial charge is 0.384 e. The van der Waals surface area contributed by atoms with Gasteiger partial charge in [0.1, 0.15) is 5.82 Å². The fourth-order valence-electron chi connectivity index (χ4n) is 0.819. The van der Waals surface area contributed by atoms with Crippen LogP contribution in [0.3, 0.4) is 0 Å². The van der Waals surface area contributed by atoms with Gasteiger partial charge in [-0.2, -0.15) is 0 Å². The van der Waals surface area contributed by atoms with E-state index in [4.69, 9.17) is 16.3 Å². The quantitative estimate of drug-likeness (QED) is 0.303. The number of rotatable bonds is 6. The monoisotopic (exact) mass is 186 g/mol. The van der Waals surface area contributed by atoms with Crippen LogP contribution in [0.1, 0.15) is 13.3 Å². The molecule has 1 atom stereocenters.